The van der Waals surface area contributed by atoms with E-state index in [-0.39, 0.29) is 6.03 Å². The van der Waals surface area contributed by atoms with Crippen molar-refractivity contribution in [3.05, 3.63) is 54.7 Å². The number of aromatic nitrogens is 2. The molecule has 2 amide bonds. The van der Waals surface area contributed by atoms with Crippen LogP contribution in [0.3, 0.4) is 0 Å². The lowest BCUT2D eigenvalue weighted by Gasteiger charge is -2.17. The van der Waals surface area contributed by atoms with E-state index in [1.165, 1.54) is 12.8 Å². The zero-order valence-electron chi connectivity index (χ0n) is 18.1. The van der Waals surface area contributed by atoms with Gasteiger partial charge in [-0.1, -0.05) is 0 Å². The molecule has 0 aliphatic carbocycles. The molecule has 0 bridgehead atoms. The van der Waals surface area contributed by atoms with Crippen LogP contribution in [0.15, 0.2) is 54.7 Å². The van der Waals surface area contributed by atoms with Gasteiger partial charge >= 0.3 is 6.03 Å². The fourth-order valence-electron chi connectivity index (χ4n) is 3.52. The van der Waals surface area contributed by atoms with Gasteiger partial charge in [0.15, 0.2) is 5.82 Å². The van der Waals surface area contributed by atoms with E-state index in [0.717, 1.165) is 24.5 Å². The molecule has 3 aromatic rings. The number of methoxy groups -OCH3 is 2. The van der Waals surface area contributed by atoms with Crippen molar-refractivity contribution in [2.45, 2.75) is 12.8 Å². The SMILES string of the molecule is COc1cc(NC(=O)Nc2ccc(Nc3cc(N4CCCC4)cnn3)cc2)cc(OC)c1. The standard InChI is InChI=1S/C23H26N6O3/c1-31-20-11-18(12-21(14-20)32-2)27-23(30)26-17-7-5-16(6-8-17)25-22-13-19(15-24-28-22)29-9-3-4-10-29/h5-8,11-15H,3-4,9-10H2,1-2H3,(H,25,28)(H2,26,27,30). The number of nitrogens with zero attached hydrogens (tertiary/aromatic N) is 3. The summed E-state index contributed by atoms with van der Waals surface area (Å²) >= 11 is 0. The molecule has 0 spiro atoms. The third-order valence-electron chi connectivity index (χ3n) is 5.14. The second-order valence-electron chi connectivity index (χ2n) is 7.38. The third-order valence-corrected chi connectivity index (χ3v) is 5.14. The van der Waals surface area contributed by atoms with Crippen LogP contribution in [0.4, 0.5) is 33.4 Å². The molecule has 1 saturated heterocycles. The fourth-order valence-corrected chi connectivity index (χ4v) is 3.52. The normalized spacial score (nSPS) is 12.9. The van der Waals surface area contributed by atoms with Crippen molar-refractivity contribution in [2.24, 2.45) is 0 Å². The average Bonchev–Trinajstić information content (AvgIpc) is 3.35. The van der Waals surface area contributed by atoms with Gasteiger partial charge < -0.3 is 30.3 Å². The van der Waals surface area contributed by atoms with Crippen LogP contribution < -0.4 is 30.3 Å². The largest absolute Gasteiger partial charge is 0.497 e. The number of rotatable bonds is 7. The van der Waals surface area contributed by atoms with E-state index < -0.39 is 0 Å². The molecule has 3 N–H and O–H groups in total. The first kappa shape index (κ1) is 21.2. The number of nitrogens with one attached hydrogen (secondary N) is 3. The summed E-state index contributed by atoms with van der Waals surface area (Å²) in [5.41, 5.74) is 3.14. The summed E-state index contributed by atoms with van der Waals surface area (Å²) in [6.45, 7) is 2.10. The Bertz CT molecular complexity index is 1050. The van der Waals surface area contributed by atoms with E-state index in [1.807, 2.05) is 30.3 Å². The van der Waals surface area contributed by atoms with Gasteiger partial charge in [-0.25, -0.2) is 4.79 Å². The number of urea groups is 1. The number of carbonyl (C=O) groups is 1. The first-order chi connectivity index (χ1) is 15.6. The molecule has 32 heavy (non-hydrogen) atoms. The van der Waals surface area contributed by atoms with E-state index >= 15 is 0 Å². The minimum Gasteiger partial charge on any atom is -0.497 e. The summed E-state index contributed by atoms with van der Waals surface area (Å²) in [4.78, 5) is 14.7. The lowest BCUT2D eigenvalue weighted by molar-refractivity contribution is 0.262. The van der Waals surface area contributed by atoms with Crippen molar-refractivity contribution in [1.82, 2.24) is 10.2 Å². The maximum absolute atomic E-state index is 12.4. The highest BCUT2D eigenvalue weighted by Gasteiger charge is 2.13. The molecule has 9 nitrogen and oxygen atoms in total. The van der Waals surface area contributed by atoms with E-state index in [1.54, 1.807) is 38.6 Å². The molecule has 2 aromatic carbocycles. The van der Waals surface area contributed by atoms with E-state index in [4.69, 9.17) is 9.47 Å². The molecule has 0 atom stereocenters. The Kier molecular flexibility index (Phi) is 6.54. The predicted octanol–water partition coefficient (Wildman–Crippen LogP) is 4.48. The Morgan fingerprint density at radius 1 is 0.875 bits per heavy atom. The van der Waals surface area contributed by atoms with Gasteiger partial charge in [0.25, 0.3) is 0 Å². The summed E-state index contributed by atoms with van der Waals surface area (Å²) in [6.07, 6.45) is 4.21. The van der Waals surface area contributed by atoms with Gasteiger partial charge in [-0.3, -0.25) is 0 Å². The molecule has 1 aliphatic heterocycles. The molecule has 1 aromatic heterocycles. The molecule has 0 saturated carbocycles. The van der Waals surface area contributed by atoms with Crippen LogP contribution in [0.1, 0.15) is 12.8 Å². The molecule has 166 valence electrons. The van der Waals surface area contributed by atoms with Crippen LogP contribution in [0.5, 0.6) is 11.5 Å². The molecule has 2 heterocycles. The molecule has 0 unspecified atom stereocenters. The van der Waals surface area contributed by atoms with E-state index in [9.17, 15) is 4.79 Å². The third kappa shape index (κ3) is 5.37. The highest BCUT2D eigenvalue weighted by molar-refractivity contribution is 6.00. The molecular weight excluding hydrogens is 408 g/mol. The van der Waals surface area contributed by atoms with Crippen LogP contribution >= 0.6 is 0 Å². The fraction of sp³-hybridized carbons (Fsp3) is 0.261. The van der Waals surface area contributed by atoms with Gasteiger partial charge in [0.2, 0.25) is 0 Å². The van der Waals surface area contributed by atoms with Crippen LogP contribution in [0.25, 0.3) is 0 Å². The zero-order chi connectivity index (χ0) is 22.3. The number of anilines is 5. The van der Waals surface area contributed by atoms with Gasteiger partial charge in [-0.15, -0.1) is 5.10 Å². The Labute approximate surface area is 186 Å². The predicted molar refractivity (Wildman–Crippen MR) is 125 cm³/mol. The van der Waals surface area contributed by atoms with Crippen molar-refractivity contribution in [2.75, 3.05) is 48.2 Å². The average molecular weight is 435 g/mol. The summed E-state index contributed by atoms with van der Waals surface area (Å²) < 4.78 is 10.4. The van der Waals surface area contributed by atoms with E-state index in [0.29, 0.717) is 28.7 Å². The number of hydrogen-bond acceptors (Lipinski definition) is 7. The highest BCUT2D eigenvalue weighted by Crippen LogP contribution is 2.26. The Morgan fingerprint density at radius 3 is 2.16 bits per heavy atom. The molecule has 1 aliphatic rings. The number of benzene rings is 2. The summed E-state index contributed by atoms with van der Waals surface area (Å²) in [6, 6.07) is 14.2. The van der Waals surface area contributed by atoms with Gasteiger partial charge in [0.05, 0.1) is 26.1 Å². The van der Waals surface area contributed by atoms with Gasteiger partial charge in [-0.2, -0.15) is 5.10 Å². The van der Waals surface area contributed by atoms with Gasteiger partial charge in [-0.05, 0) is 37.1 Å². The number of hydrogen-bond donors (Lipinski definition) is 3. The lowest BCUT2D eigenvalue weighted by atomic mass is 10.2. The number of carbonyl (C=O) groups excluding carboxylic acids is 1. The minimum absolute atomic E-state index is 0.370. The van der Waals surface area contributed by atoms with Crippen molar-refractivity contribution in [1.29, 1.82) is 0 Å². The highest BCUT2D eigenvalue weighted by atomic mass is 16.5. The Hall–Kier alpha value is -4.01. The van der Waals surface area contributed by atoms with Crippen molar-refractivity contribution < 1.29 is 14.3 Å². The number of ether oxygens (including phenoxy) is 2. The Balaban J connectivity index is 1.36. The van der Waals surface area contributed by atoms with Crippen LogP contribution in [0, 0.1) is 0 Å². The first-order valence-corrected chi connectivity index (χ1v) is 10.4. The number of amides is 2. The summed E-state index contributed by atoms with van der Waals surface area (Å²) in [7, 11) is 3.12. The van der Waals surface area contributed by atoms with Gasteiger partial charge in [0.1, 0.15) is 11.5 Å². The van der Waals surface area contributed by atoms with Gasteiger partial charge in [0, 0.05) is 54.4 Å². The van der Waals surface area contributed by atoms with Crippen molar-refractivity contribution in [3.8, 4) is 11.5 Å². The topological polar surface area (TPSA) is 101 Å². The maximum atomic E-state index is 12.4. The summed E-state index contributed by atoms with van der Waals surface area (Å²) in [5.74, 6) is 1.86. The van der Waals surface area contributed by atoms with Crippen molar-refractivity contribution in [3.63, 3.8) is 0 Å². The Morgan fingerprint density at radius 2 is 1.50 bits per heavy atom. The van der Waals surface area contributed by atoms with Crippen LogP contribution in [-0.2, 0) is 0 Å². The maximum Gasteiger partial charge on any atom is 0.323 e. The molecule has 0 radical (unpaired) electrons. The molecule has 9 heteroatoms. The quantitative estimate of drug-likeness (QED) is 0.504. The van der Waals surface area contributed by atoms with E-state index in [2.05, 4.69) is 31.0 Å². The second-order valence-corrected chi connectivity index (χ2v) is 7.38. The van der Waals surface area contributed by atoms with Crippen LogP contribution in [0.2, 0.25) is 0 Å². The smallest absolute Gasteiger partial charge is 0.323 e. The monoisotopic (exact) mass is 434 g/mol. The van der Waals surface area contributed by atoms with Crippen LogP contribution in [-0.4, -0.2) is 43.5 Å². The summed E-state index contributed by atoms with van der Waals surface area (Å²) in [5, 5.41) is 17.1. The minimum atomic E-state index is -0.370. The first-order valence-electron chi connectivity index (χ1n) is 10.4. The van der Waals surface area contributed by atoms with Crippen molar-refractivity contribution >= 4 is 34.6 Å². The molecule has 1 fully saturated rings. The zero-order valence-corrected chi connectivity index (χ0v) is 18.1. The molecule has 4 rings (SSSR count). The molecular formula is C23H26N6O3. The second kappa shape index (κ2) is 9.86. The lowest BCUT2D eigenvalue weighted by Crippen LogP contribution is -2.19.